The van der Waals surface area contributed by atoms with Crippen LogP contribution in [0, 0.1) is 6.92 Å². The summed E-state index contributed by atoms with van der Waals surface area (Å²) in [5.74, 6) is -0.984. The van der Waals surface area contributed by atoms with Crippen LogP contribution < -0.4 is 10.0 Å². The van der Waals surface area contributed by atoms with E-state index < -0.39 is 14.0 Å². The Morgan fingerprint density at radius 3 is 2.22 bits per heavy atom. The van der Waals surface area contributed by atoms with Gasteiger partial charge in [-0.2, -0.15) is 0 Å². The van der Waals surface area contributed by atoms with Crippen LogP contribution in [-0.4, -0.2) is 26.8 Å². The van der Waals surface area contributed by atoms with Gasteiger partial charge in [0.15, 0.2) is 0 Å². The molecule has 0 aliphatic heterocycles. The Kier molecular flexibility index (Phi) is 4.96. The zero-order chi connectivity index (χ0) is 13.8. The van der Waals surface area contributed by atoms with Gasteiger partial charge in [-0.05, 0) is 19.1 Å². The minimum Gasteiger partial charge on any atom is -0.550 e. The Labute approximate surface area is 110 Å². The predicted molar refractivity (Wildman–Crippen MR) is 76.4 cm³/mol. The maximum Gasteiger partial charge on any atom is 0.0665 e. The highest BCUT2D eigenvalue weighted by molar-refractivity contribution is 6.76. The Hall–Kier alpha value is -1.29. The first-order chi connectivity index (χ1) is 8.28. The fourth-order valence-corrected chi connectivity index (χ4v) is 3.34. The molecule has 3 nitrogen and oxygen atoms in total. The van der Waals surface area contributed by atoms with Crippen molar-refractivity contribution < 1.29 is 9.90 Å². The number of hydrogen-bond acceptors (Lipinski definition) is 3. The van der Waals surface area contributed by atoms with Gasteiger partial charge in [0.05, 0.1) is 8.07 Å². The molecule has 0 N–H and O–H groups in total. The van der Waals surface area contributed by atoms with Crippen LogP contribution in [-0.2, 0) is 4.79 Å². The normalized spacial score (nSPS) is 11.3. The number of benzene rings is 1. The van der Waals surface area contributed by atoms with Gasteiger partial charge in [-0.25, -0.2) is 0 Å². The largest absolute Gasteiger partial charge is 0.550 e. The van der Waals surface area contributed by atoms with E-state index in [1.54, 1.807) is 0 Å². The zero-order valence-corrected chi connectivity index (χ0v) is 12.7. The average molecular weight is 264 g/mol. The van der Waals surface area contributed by atoms with Crippen molar-refractivity contribution in [2.75, 3.05) is 17.6 Å². The van der Waals surface area contributed by atoms with Crippen LogP contribution in [0.25, 0.3) is 0 Å². The monoisotopic (exact) mass is 264 g/mol. The topological polar surface area (TPSA) is 43.4 Å². The number of nitrogens with zero attached hydrogens (tertiary/aromatic N) is 1. The van der Waals surface area contributed by atoms with Gasteiger partial charge in [-0.15, -0.1) is 0 Å². The summed E-state index contributed by atoms with van der Waals surface area (Å²) in [5, 5.41) is 10.6. The second kappa shape index (κ2) is 6.04. The lowest BCUT2D eigenvalue weighted by atomic mass is 10.2. The van der Waals surface area contributed by atoms with E-state index in [1.807, 2.05) is 6.92 Å². The Balaban J connectivity index is 2.82. The van der Waals surface area contributed by atoms with Crippen molar-refractivity contribution in [2.45, 2.75) is 33.0 Å². The van der Waals surface area contributed by atoms with Crippen LogP contribution in [0.4, 0.5) is 5.69 Å². The molecule has 1 aromatic carbocycles. The Morgan fingerprint density at radius 2 is 1.78 bits per heavy atom. The van der Waals surface area contributed by atoms with E-state index in [0.717, 1.165) is 11.9 Å². The van der Waals surface area contributed by atoms with Crippen molar-refractivity contribution in [1.82, 2.24) is 0 Å². The van der Waals surface area contributed by atoms with Crippen LogP contribution >= 0.6 is 0 Å². The molecule has 0 aliphatic carbocycles. The second-order valence-electron chi connectivity index (χ2n) is 5.94. The van der Waals surface area contributed by atoms with Crippen LogP contribution in [0.15, 0.2) is 24.3 Å². The maximum absolute atomic E-state index is 10.6. The van der Waals surface area contributed by atoms with E-state index in [-0.39, 0.29) is 6.42 Å². The number of aryl methyl sites for hydroxylation is 1. The molecule has 0 fully saturated rings. The maximum atomic E-state index is 10.6. The SMILES string of the molecule is Cc1ccc(N(CCC(=O)[O-])C[Si](C)(C)C)cc1. The number of carbonyl (C=O) groups excluding carboxylic acids is 1. The van der Waals surface area contributed by atoms with E-state index in [9.17, 15) is 9.90 Å². The third-order valence-electron chi connectivity index (χ3n) is 2.65. The molecule has 1 aromatic rings. The van der Waals surface area contributed by atoms with Gasteiger partial charge >= 0.3 is 0 Å². The summed E-state index contributed by atoms with van der Waals surface area (Å²) in [6, 6.07) is 8.24. The van der Waals surface area contributed by atoms with E-state index in [0.29, 0.717) is 6.54 Å². The quantitative estimate of drug-likeness (QED) is 0.736. The molecule has 0 radical (unpaired) electrons. The van der Waals surface area contributed by atoms with Crippen molar-refractivity contribution in [3.63, 3.8) is 0 Å². The first kappa shape index (κ1) is 14.8. The van der Waals surface area contributed by atoms with Gasteiger partial charge in [0, 0.05) is 30.8 Å². The number of anilines is 1. The molecule has 18 heavy (non-hydrogen) atoms. The summed E-state index contributed by atoms with van der Waals surface area (Å²) in [4.78, 5) is 12.8. The minimum atomic E-state index is -1.28. The van der Waals surface area contributed by atoms with Crippen LogP contribution in [0.5, 0.6) is 0 Å². The van der Waals surface area contributed by atoms with Crippen LogP contribution in [0.2, 0.25) is 19.6 Å². The molecule has 0 aromatic heterocycles. The van der Waals surface area contributed by atoms with Crippen LogP contribution in [0.3, 0.4) is 0 Å². The Morgan fingerprint density at radius 1 is 1.22 bits per heavy atom. The predicted octanol–water partition coefficient (Wildman–Crippen LogP) is 1.82. The van der Waals surface area contributed by atoms with Crippen molar-refractivity contribution in [3.05, 3.63) is 29.8 Å². The average Bonchev–Trinajstić information content (AvgIpc) is 2.23. The Bertz CT molecular complexity index is 395. The van der Waals surface area contributed by atoms with Gasteiger partial charge < -0.3 is 14.8 Å². The number of carboxylic acids is 1. The first-order valence-electron chi connectivity index (χ1n) is 6.29. The van der Waals surface area contributed by atoms with Gasteiger partial charge in [-0.3, -0.25) is 0 Å². The number of aliphatic carboxylic acids is 1. The molecule has 1 rings (SSSR count). The second-order valence-corrected chi connectivity index (χ2v) is 11.4. The van der Waals surface area contributed by atoms with Gasteiger partial charge in [0.2, 0.25) is 0 Å². The molecule has 100 valence electrons. The molecular weight excluding hydrogens is 242 g/mol. The molecule has 0 spiro atoms. The first-order valence-corrected chi connectivity index (χ1v) is 10.00. The molecule has 0 atom stereocenters. The third kappa shape index (κ3) is 5.36. The smallest absolute Gasteiger partial charge is 0.0665 e. The van der Waals surface area contributed by atoms with E-state index in [4.69, 9.17) is 0 Å². The molecular formula is C14H22NO2Si-. The van der Waals surface area contributed by atoms with Crippen LogP contribution in [0.1, 0.15) is 12.0 Å². The number of carboxylic acid groups (broad SMARTS) is 1. The summed E-state index contributed by atoms with van der Waals surface area (Å²) in [6.07, 6.45) is 1.04. The molecule has 4 heteroatoms. The van der Waals surface area contributed by atoms with Gasteiger partial charge in [0.25, 0.3) is 0 Å². The van der Waals surface area contributed by atoms with Crippen molar-refractivity contribution in [2.24, 2.45) is 0 Å². The summed E-state index contributed by atoms with van der Waals surface area (Å²) in [7, 11) is -1.28. The van der Waals surface area contributed by atoms with E-state index >= 15 is 0 Å². The fourth-order valence-electron chi connectivity index (χ4n) is 1.85. The summed E-state index contributed by atoms with van der Waals surface area (Å²) in [6.45, 7) is 9.43. The zero-order valence-electron chi connectivity index (χ0n) is 11.7. The van der Waals surface area contributed by atoms with E-state index in [1.165, 1.54) is 5.56 Å². The number of carbonyl (C=O) groups is 1. The molecule has 0 bridgehead atoms. The number of hydrogen-bond donors (Lipinski definition) is 0. The van der Waals surface area contributed by atoms with Crippen molar-refractivity contribution in [1.29, 1.82) is 0 Å². The molecule has 0 heterocycles. The van der Waals surface area contributed by atoms with Crippen molar-refractivity contribution >= 4 is 19.7 Å². The molecule has 0 amide bonds. The highest BCUT2D eigenvalue weighted by Gasteiger charge is 2.18. The lowest BCUT2D eigenvalue weighted by molar-refractivity contribution is -0.305. The minimum absolute atomic E-state index is 0.0817. The summed E-state index contributed by atoms with van der Waals surface area (Å²) >= 11 is 0. The summed E-state index contributed by atoms with van der Waals surface area (Å²) in [5.41, 5.74) is 2.32. The third-order valence-corrected chi connectivity index (χ3v) is 3.98. The standard InChI is InChI=1S/C14H23NO2Si/c1-12-5-7-13(8-6-12)15(10-9-14(16)17)11-18(2,3)4/h5-8H,9-11H2,1-4H3,(H,16,17)/p-1. The lowest BCUT2D eigenvalue weighted by Gasteiger charge is -2.31. The summed E-state index contributed by atoms with van der Waals surface area (Å²) < 4.78 is 0. The number of rotatable bonds is 6. The van der Waals surface area contributed by atoms with Gasteiger partial charge in [-0.1, -0.05) is 37.3 Å². The van der Waals surface area contributed by atoms with Crippen molar-refractivity contribution in [3.8, 4) is 0 Å². The highest BCUT2D eigenvalue weighted by atomic mass is 28.3. The molecule has 0 saturated heterocycles. The van der Waals surface area contributed by atoms with E-state index in [2.05, 4.69) is 48.8 Å². The molecule has 0 unspecified atom stereocenters. The van der Waals surface area contributed by atoms with Gasteiger partial charge in [0.1, 0.15) is 0 Å². The molecule has 0 saturated carbocycles. The fraction of sp³-hybridized carbons (Fsp3) is 0.500. The molecule has 0 aliphatic rings. The highest BCUT2D eigenvalue weighted by Crippen LogP contribution is 2.18. The lowest BCUT2D eigenvalue weighted by Crippen LogP contribution is -2.42.